The number of methoxy groups -OCH3 is 1. The largest absolute Gasteiger partial charge is 0.497 e. The lowest BCUT2D eigenvalue weighted by molar-refractivity contribution is 0.0731. The number of rotatable bonds is 6. The summed E-state index contributed by atoms with van der Waals surface area (Å²) in [4.78, 5) is 15.3. The van der Waals surface area contributed by atoms with Gasteiger partial charge in [0.05, 0.1) is 7.11 Å². The lowest BCUT2D eigenvalue weighted by Gasteiger charge is -2.24. The summed E-state index contributed by atoms with van der Waals surface area (Å²) >= 11 is 6.01. The first-order valence-corrected chi connectivity index (χ1v) is 10.2. The summed E-state index contributed by atoms with van der Waals surface area (Å²) in [7, 11) is 1.64. The van der Waals surface area contributed by atoms with E-state index in [4.69, 9.17) is 16.3 Å². The van der Waals surface area contributed by atoms with Crippen LogP contribution in [-0.2, 0) is 13.1 Å². The third-order valence-corrected chi connectivity index (χ3v) is 5.40. The van der Waals surface area contributed by atoms with Crippen LogP contribution in [0, 0.1) is 0 Å². The number of halogens is 1. The molecule has 0 unspecified atom stereocenters. The predicted molar refractivity (Wildman–Crippen MR) is 122 cm³/mol. The Hall–Kier alpha value is -3.30. The van der Waals surface area contributed by atoms with Gasteiger partial charge in [0.15, 0.2) is 0 Å². The Morgan fingerprint density at radius 1 is 0.833 bits per heavy atom. The summed E-state index contributed by atoms with van der Waals surface area (Å²) in [5.41, 5.74) is 2.77. The van der Waals surface area contributed by atoms with Crippen LogP contribution in [-0.4, -0.2) is 17.9 Å². The number of ether oxygens (including phenoxy) is 1. The van der Waals surface area contributed by atoms with Crippen LogP contribution in [0.1, 0.15) is 21.5 Å². The Bertz CT molecular complexity index is 1150. The number of amides is 1. The molecule has 0 atom stereocenters. The van der Waals surface area contributed by atoms with Crippen molar-refractivity contribution in [1.82, 2.24) is 4.90 Å². The standard InChI is InChI=1S/C26H22ClNO2/c1-30-24-15-9-19(10-16-24)17-28(26(29)21-11-13-23(27)14-12-21)18-22-7-4-6-20-5-2-3-8-25(20)22/h2-16H,17-18H2,1H3. The van der Waals surface area contributed by atoms with Gasteiger partial charge in [0.2, 0.25) is 0 Å². The number of benzene rings is 4. The Morgan fingerprint density at radius 2 is 1.53 bits per heavy atom. The van der Waals surface area contributed by atoms with Crippen LogP contribution in [0.5, 0.6) is 5.75 Å². The quantitative estimate of drug-likeness (QED) is 0.367. The number of hydrogen-bond donors (Lipinski definition) is 0. The molecule has 3 nitrogen and oxygen atoms in total. The van der Waals surface area contributed by atoms with Crippen molar-refractivity contribution in [3.8, 4) is 5.75 Å². The number of carbonyl (C=O) groups is 1. The Balaban J connectivity index is 1.68. The van der Waals surface area contributed by atoms with Crippen molar-refractivity contribution in [3.63, 3.8) is 0 Å². The third kappa shape index (κ3) is 4.47. The first-order valence-electron chi connectivity index (χ1n) is 9.78. The molecule has 1 amide bonds. The van der Waals surface area contributed by atoms with Crippen LogP contribution >= 0.6 is 11.6 Å². The van der Waals surface area contributed by atoms with E-state index in [0.29, 0.717) is 23.7 Å². The molecule has 4 aromatic carbocycles. The zero-order chi connectivity index (χ0) is 20.9. The highest BCUT2D eigenvalue weighted by molar-refractivity contribution is 6.30. The van der Waals surface area contributed by atoms with E-state index in [1.165, 1.54) is 5.39 Å². The monoisotopic (exact) mass is 415 g/mol. The Morgan fingerprint density at radius 3 is 2.27 bits per heavy atom. The van der Waals surface area contributed by atoms with Crippen LogP contribution in [0.2, 0.25) is 5.02 Å². The van der Waals surface area contributed by atoms with Gasteiger partial charge in [-0.2, -0.15) is 0 Å². The third-order valence-electron chi connectivity index (χ3n) is 5.15. The van der Waals surface area contributed by atoms with Gasteiger partial charge in [0, 0.05) is 23.7 Å². The Labute approximate surface area is 181 Å². The number of fused-ring (bicyclic) bond motifs is 1. The van der Waals surface area contributed by atoms with Crippen molar-refractivity contribution >= 4 is 28.3 Å². The zero-order valence-electron chi connectivity index (χ0n) is 16.7. The van der Waals surface area contributed by atoms with Gasteiger partial charge in [-0.15, -0.1) is 0 Å². The summed E-state index contributed by atoms with van der Waals surface area (Å²) in [5, 5.41) is 2.93. The van der Waals surface area contributed by atoms with E-state index in [-0.39, 0.29) is 5.91 Å². The summed E-state index contributed by atoms with van der Waals surface area (Å²) in [6.45, 7) is 1.00. The molecule has 0 fully saturated rings. The van der Waals surface area contributed by atoms with Crippen molar-refractivity contribution < 1.29 is 9.53 Å². The van der Waals surface area contributed by atoms with Crippen molar-refractivity contribution in [1.29, 1.82) is 0 Å². The molecule has 0 bridgehead atoms. The molecule has 0 saturated carbocycles. The minimum atomic E-state index is -0.0320. The van der Waals surface area contributed by atoms with Gasteiger partial charge in [-0.3, -0.25) is 4.79 Å². The predicted octanol–water partition coefficient (Wildman–Crippen LogP) is 6.34. The van der Waals surface area contributed by atoms with E-state index < -0.39 is 0 Å². The van der Waals surface area contributed by atoms with Crippen LogP contribution < -0.4 is 4.74 Å². The van der Waals surface area contributed by atoms with Gasteiger partial charge in [-0.1, -0.05) is 66.2 Å². The molecule has 0 aliphatic carbocycles. The SMILES string of the molecule is COc1ccc(CN(Cc2cccc3ccccc23)C(=O)c2ccc(Cl)cc2)cc1. The molecule has 4 rings (SSSR count). The van der Waals surface area contributed by atoms with Crippen molar-refractivity contribution in [2.45, 2.75) is 13.1 Å². The highest BCUT2D eigenvalue weighted by atomic mass is 35.5. The molecule has 30 heavy (non-hydrogen) atoms. The topological polar surface area (TPSA) is 29.5 Å². The van der Waals surface area contributed by atoms with Gasteiger partial charge in [-0.25, -0.2) is 0 Å². The number of carbonyl (C=O) groups excluding carboxylic acids is 1. The fourth-order valence-electron chi connectivity index (χ4n) is 3.56. The van der Waals surface area contributed by atoms with E-state index in [1.54, 1.807) is 31.4 Å². The molecule has 0 aromatic heterocycles. The molecule has 0 spiro atoms. The van der Waals surface area contributed by atoms with E-state index in [0.717, 1.165) is 22.3 Å². The minimum Gasteiger partial charge on any atom is -0.497 e. The van der Waals surface area contributed by atoms with Gasteiger partial charge in [0.1, 0.15) is 5.75 Å². The summed E-state index contributed by atoms with van der Waals surface area (Å²) in [5.74, 6) is 0.763. The maximum absolute atomic E-state index is 13.4. The smallest absolute Gasteiger partial charge is 0.254 e. The number of nitrogens with zero attached hydrogens (tertiary/aromatic N) is 1. The van der Waals surface area contributed by atoms with Crippen LogP contribution in [0.15, 0.2) is 91.0 Å². The maximum Gasteiger partial charge on any atom is 0.254 e. The number of hydrogen-bond acceptors (Lipinski definition) is 2. The molecule has 4 aromatic rings. The second-order valence-corrected chi connectivity index (χ2v) is 7.59. The normalized spacial score (nSPS) is 10.7. The lowest BCUT2D eigenvalue weighted by Crippen LogP contribution is -2.30. The van der Waals surface area contributed by atoms with Gasteiger partial charge < -0.3 is 9.64 Å². The fraction of sp³-hybridized carbons (Fsp3) is 0.115. The molecular formula is C26H22ClNO2. The molecule has 0 aliphatic heterocycles. The van der Waals surface area contributed by atoms with Crippen molar-refractivity contribution in [3.05, 3.63) is 113 Å². The van der Waals surface area contributed by atoms with E-state index in [2.05, 4.69) is 24.3 Å². The Kier molecular flexibility index (Phi) is 6.01. The summed E-state index contributed by atoms with van der Waals surface area (Å²) < 4.78 is 5.25. The highest BCUT2D eigenvalue weighted by Gasteiger charge is 2.18. The van der Waals surface area contributed by atoms with E-state index >= 15 is 0 Å². The molecule has 0 saturated heterocycles. The average molecular weight is 416 g/mol. The molecule has 0 radical (unpaired) electrons. The average Bonchev–Trinajstić information content (AvgIpc) is 2.79. The van der Waals surface area contributed by atoms with Gasteiger partial charge in [0.25, 0.3) is 5.91 Å². The maximum atomic E-state index is 13.4. The summed E-state index contributed by atoms with van der Waals surface area (Å²) in [6, 6.07) is 29.3. The molecule has 0 heterocycles. The highest BCUT2D eigenvalue weighted by Crippen LogP contribution is 2.23. The van der Waals surface area contributed by atoms with Crippen LogP contribution in [0.3, 0.4) is 0 Å². The zero-order valence-corrected chi connectivity index (χ0v) is 17.5. The van der Waals surface area contributed by atoms with Crippen molar-refractivity contribution in [2.24, 2.45) is 0 Å². The molecule has 0 aliphatic rings. The van der Waals surface area contributed by atoms with Crippen molar-refractivity contribution in [2.75, 3.05) is 7.11 Å². The van der Waals surface area contributed by atoms with E-state index in [9.17, 15) is 4.79 Å². The minimum absolute atomic E-state index is 0.0320. The summed E-state index contributed by atoms with van der Waals surface area (Å²) in [6.07, 6.45) is 0. The second-order valence-electron chi connectivity index (χ2n) is 7.15. The van der Waals surface area contributed by atoms with E-state index in [1.807, 2.05) is 47.4 Å². The second kappa shape index (κ2) is 9.02. The molecule has 0 N–H and O–H groups in total. The molecular weight excluding hydrogens is 394 g/mol. The van der Waals surface area contributed by atoms with Crippen LogP contribution in [0.4, 0.5) is 0 Å². The lowest BCUT2D eigenvalue weighted by atomic mass is 10.0. The van der Waals surface area contributed by atoms with Gasteiger partial charge >= 0.3 is 0 Å². The first-order chi connectivity index (χ1) is 14.6. The van der Waals surface area contributed by atoms with Crippen LogP contribution in [0.25, 0.3) is 10.8 Å². The van der Waals surface area contributed by atoms with Gasteiger partial charge in [-0.05, 0) is 58.3 Å². The molecule has 4 heteroatoms. The molecule has 150 valence electrons. The first kappa shape index (κ1) is 20.0. The fourth-order valence-corrected chi connectivity index (χ4v) is 3.69.